The maximum absolute atomic E-state index is 13.7. The van der Waals surface area contributed by atoms with Gasteiger partial charge in [0.05, 0.1) is 5.69 Å². The summed E-state index contributed by atoms with van der Waals surface area (Å²) in [7, 11) is 0. The molecule has 0 heterocycles. The van der Waals surface area contributed by atoms with Crippen LogP contribution < -0.4 is 10.6 Å². The number of anilines is 2. The average Bonchev–Trinajstić information content (AvgIpc) is 3.35. The average molecular weight is 344 g/mol. The van der Waals surface area contributed by atoms with Crippen molar-refractivity contribution in [3.05, 3.63) is 59.2 Å². The minimum Gasteiger partial charge on any atom is -0.325 e. The van der Waals surface area contributed by atoms with Crippen molar-refractivity contribution in [3.63, 3.8) is 0 Å². The Balaban J connectivity index is 1.73. The lowest BCUT2D eigenvalue weighted by molar-refractivity contribution is -0.131. The summed E-state index contributed by atoms with van der Waals surface area (Å²) < 4.78 is 26.6. The molecule has 3 rings (SSSR count). The Morgan fingerprint density at radius 2 is 1.60 bits per heavy atom. The minimum atomic E-state index is -1.21. The Labute approximate surface area is 144 Å². The van der Waals surface area contributed by atoms with E-state index in [0.29, 0.717) is 24.6 Å². The van der Waals surface area contributed by atoms with E-state index in [-0.39, 0.29) is 5.69 Å². The summed E-state index contributed by atoms with van der Waals surface area (Å²) in [5.41, 5.74) is 1.39. The quantitative estimate of drug-likeness (QED) is 0.826. The Kier molecular flexibility index (Phi) is 4.29. The molecule has 0 atom stereocenters. The first-order valence-corrected chi connectivity index (χ1v) is 7.97. The van der Waals surface area contributed by atoms with Gasteiger partial charge in [-0.3, -0.25) is 9.59 Å². The summed E-state index contributed by atoms with van der Waals surface area (Å²) in [6, 6.07) is 8.37. The van der Waals surface area contributed by atoms with Crippen LogP contribution in [0.4, 0.5) is 20.2 Å². The van der Waals surface area contributed by atoms with Crippen molar-refractivity contribution in [1.29, 1.82) is 0 Å². The highest BCUT2D eigenvalue weighted by Gasteiger charge is 2.56. The van der Waals surface area contributed by atoms with E-state index in [0.717, 1.165) is 23.3 Å². The molecular formula is C19H18F2N2O2. The third kappa shape index (κ3) is 3.38. The number of amides is 2. The molecule has 1 saturated carbocycles. The zero-order chi connectivity index (χ0) is 18.2. The predicted octanol–water partition coefficient (Wildman–Crippen LogP) is 3.94. The molecule has 2 aromatic rings. The Bertz CT molecular complexity index is 860. The molecule has 0 aromatic heterocycles. The second kappa shape index (κ2) is 6.27. The first kappa shape index (κ1) is 17.1. The van der Waals surface area contributed by atoms with Crippen LogP contribution in [0.25, 0.3) is 0 Å². The normalized spacial score (nSPS) is 14.7. The highest BCUT2D eigenvalue weighted by Crippen LogP contribution is 2.47. The molecule has 0 bridgehead atoms. The molecule has 4 nitrogen and oxygen atoms in total. The standard InChI is InChI=1S/C19H18F2N2O2/c1-11-3-5-14(9-12(11)2)22-17(24)19(7-8-19)18(25)23-16-6-4-13(20)10-15(16)21/h3-6,9-10H,7-8H2,1-2H3,(H,22,24)(H,23,25). The van der Waals surface area contributed by atoms with E-state index in [9.17, 15) is 18.4 Å². The Morgan fingerprint density at radius 1 is 0.920 bits per heavy atom. The van der Waals surface area contributed by atoms with Gasteiger partial charge in [-0.15, -0.1) is 0 Å². The zero-order valence-electron chi connectivity index (χ0n) is 14.0. The largest absolute Gasteiger partial charge is 0.325 e. The molecule has 2 amide bonds. The minimum absolute atomic E-state index is 0.142. The molecular weight excluding hydrogens is 326 g/mol. The lowest BCUT2D eigenvalue weighted by atomic mass is 10.0. The monoisotopic (exact) mass is 344 g/mol. The molecule has 0 radical (unpaired) electrons. The molecule has 130 valence electrons. The van der Waals surface area contributed by atoms with E-state index in [1.54, 1.807) is 6.07 Å². The fourth-order valence-electron chi connectivity index (χ4n) is 2.58. The number of hydrogen-bond donors (Lipinski definition) is 2. The fraction of sp³-hybridized carbons (Fsp3) is 0.263. The van der Waals surface area contributed by atoms with Crippen LogP contribution in [0.3, 0.4) is 0 Å². The van der Waals surface area contributed by atoms with Crippen molar-refractivity contribution in [2.75, 3.05) is 10.6 Å². The Morgan fingerprint density at radius 3 is 2.20 bits per heavy atom. The van der Waals surface area contributed by atoms with Crippen molar-refractivity contribution in [2.24, 2.45) is 5.41 Å². The molecule has 6 heteroatoms. The van der Waals surface area contributed by atoms with E-state index < -0.39 is 28.9 Å². The number of carbonyl (C=O) groups is 2. The third-order valence-corrected chi connectivity index (χ3v) is 4.56. The molecule has 1 fully saturated rings. The molecule has 1 aliphatic carbocycles. The first-order chi connectivity index (χ1) is 11.8. The van der Waals surface area contributed by atoms with Crippen LogP contribution in [0.1, 0.15) is 24.0 Å². The molecule has 2 aromatic carbocycles. The molecule has 0 aliphatic heterocycles. The topological polar surface area (TPSA) is 58.2 Å². The van der Waals surface area contributed by atoms with Crippen molar-refractivity contribution < 1.29 is 18.4 Å². The number of aryl methyl sites for hydroxylation is 2. The third-order valence-electron chi connectivity index (χ3n) is 4.56. The summed E-state index contributed by atoms with van der Waals surface area (Å²) in [4.78, 5) is 25.0. The van der Waals surface area contributed by atoms with Gasteiger partial charge in [0.1, 0.15) is 17.0 Å². The number of halogens is 2. The Hall–Kier alpha value is -2.76. The maximum Gasteiger partial charge on any atom is 0.240 e. The van der Waals surface area contributed by atoms with Crippen molar-refractivity contribution >= 4 is 23.2 Å². The summed E-state index contributed by atoms with van der Waals surface area (Å²) in [5.74, 6) is -2.61. The number of hydrogen-bond acceptors (Lipinski definition) is 2. The van der Waals surface area contributed by atoms with Gasteiger partial charge in [-0.25, -0.2) is 8.78 Å². The smallest absolute Gasteiger partial charge is 0.240 e. The van der Waals surface area contributed by atoms with Crippen molar-refractivity contribution in [2.45, 2.75) is 26.7 Å². The van der Waals surface area contributed by atoms with Crippen molar-refractivity contribution in [1.82, 2.24) is 0 Å². The maximum atomic E-state index is 13.7. The van der Waals surface area contributed by atoms with Crippen LogP contribution in [0.5, 0.6) is 0 Å². The molecule has 0 saturated heterocycles. The number of rotatable bonds is 4. The van der Waals surface area contributed by atoms with E-state index in [4.69, 9.17) is 0 Å². The number of carbonyl (C=O) groups excluding carboxylic acids is 2. The summed E-state index contributed by atoms with van der Waals surface area (Å²) in [5, 5.41) is 5.14. The summed E-state index contributed by atoms with van der Waals surface area (Å²) in [6.45, 7) is 3.90. The first-order valence-electron chi connectivity index (χ1n) is 7.97. The SMILES string of the molecule is Cc1ccc(NC(=O)C2(C(=O)Nc3ccc(F)cc3F)CC2)cc1C. The van der Waals surface area contributed by atoms with E-state index in [1.807, 2.05) is 26.0 Å². The van der Waals surface area contributed by atoms with Gasteiger partial charge in [0.25, 0.3) is 0 Å². The van der Waals surface area contributed by atoms with Gasteiger partial charge in [0.2, 0.25) is 11.8 Å². The van der Waals surface area contributed by atoms with Gasteiger partial charge in [0.15, 0.2) is 0 Å². The van der Waals surface area contributed by atoms with Gasteiger partial charge in [-0.05, 0) is 62.1 Å². The second-order valence-electron chi connectivity index (χ2n) is 6.41. The van der Waals surface area contributed by atoms with E-state index in [2.05, 4.69) is 10.6 Å². The molecule has 2 N–H and O–H groups in total. The van der Waals surface area contributed by atoms with Crippen LogP contribution in [-0.2, 0) is 9.59 Å². The molecule has 0 unspecified atom stereocenters. The highest BCUT2D eigenvalue weighted by atomic mass is 19.1. The van der Waals surface area contributed by atoms with Crippen LogP contribution in [0.15, 0.2) is 36.4 Å². The van der Waals surface area contributed by atoms with Crippen LogP contribution in [0, 0.1) is 30.9 Å². The van der Waals surface area contributed by atoms with Crippen molar-refractivity contribution in [3.8, 4) is 0 Å². The van der Waals surface area contributed by atoms with Gasteiger partial charge < -0.3 is 10.6 Å². The molecule has 25 heavy (non-hydrogen) atoms. The lowest BCUT2D eigenvalue weighted by Crippen LogP contribution is -2.35. The van der Waals surface area contributed by atoms with Crippen LogP contribution in [0.2, 0.25) is 0 Å². The summed E-state index contributed by atoms with van der Waals surface area (Å²) >= 11 is 0. The number of benzene rings is 2. The molecule has 1 aliphatic rings. The van der Waals surface area contributed by atoms with E-state index >= 15 is 0 Å². The molecule has 0 spiro atoms. The van der Waals surface area contributed by atoms with Gasteiger partial charge >= 0.3 is 0 Å². The fourth-order valence-corrected chi connectivity index (χ4v) is 2.58. The predicted molar refractivity (Wildman–Crippen MR) is 91.2 cm³/mol. The zero-order valence-corrected chi connectivity index (χ0v) is 14.0. The number of nitrogens with one attached hydrogen (secondary N) is 2. The van der Waals surface area contributed by atoms with Crippen LogP contribution in [-0.4, -0.2) is 11.8 Å². The highest BCUT2D eigenvalue weighted by molar-refractivity contribution is 6.16. The second-order valence-corrected chi connectivity index (χ2v) is 6.41. The van der Waals surface area contributed by atoms with Crippen LogP contribution >= 0.6 is 0 Å². The van der Waals surface area contributed by atoms with E-state index in [1.165, 1.54) is 0 Å². The summed E-state index contributed by atoms with van der Waals surface area (Å²) in [6.07, 6.45) is 0.774. The van der Waals surface area contributed by atoms with Gasteiger partial charge in [-0.1, -0.05) is 6.07 Å². The van der Waals surface area contributed by atoms with Gasteiger partial charge in [0, 0.05) is 11.8 Å². The van der Waals surface area contributed by atoms with Gasteiger partial charge in [-0.2, -0.15) is 0 Å². The lowest BCUT2D eigenvalue weighted by Gasteiger charge is -2.16.